The number of carbonyl (C=O) groups is 1. The molecule has 0 atom stereocenters. The molecule has 1 aromatic carbocycles. The highest BCUT2D eigenvalue weighted by atomic mass is 16.5. The average molecular weight is 387 g/mol. The molecule has 1 amide bonds. The Morgan fingerprint density at radius 3 is 2.79 bits per heavy atom. The van der Waals surface area contributed by atoms with Crippen molar-refractivity contribution in [3.63, 3.8) is 0 Å². The lowest BCUT2D eigenvalue weighted by atomic mass is 10.2. The number of primary amides is 1. The Hall–Kier alpha value is -3.03. The Balaban J connectivity index is 1.85. The van der Waals surface area contributed by atoms with Gasteiger partial charge in [0.2, 0.25) is 0 Å². The molecule has 0 aliphatic carbocycles. The van der Waals surface area contributed by atoms with Gasteiger partial charge in [0, 0.05) is 25.3 Å². The minimum atomic E-state index is -0.498. The van der Waals surface area contributed by atoms with E-state index in [1.807, 2.05) is 36.7 Å². The molecule has 0 radical (unpaired) electrons. The number of nitrogens with zero attached hydrogens (tertiary/aromatic N) is 3. The third kappa shape index (κ3) is 7.30. The van der Waals surface area contributed by atoms with Crippen LogP contribution in [-0.4, -0.2) is 41.3 Å². The highest BCUT2D eigenvalue weighted by Gasteiger charge is 2.03. The summed E-state index contributed by atoms with van der Waals surface area (Å²) in [4.78, 5) is 15.4. The van der Waals surface area contributed by atoms with Crippen molar-refractivity contribution in [1.29, 1.82) is 0 Å². The van der Waals surface area contributed by atoms with Crippen LogP contribution in [0.15, 0.2) is 35.3 Å². The third-order valence-electron chi connectivity index (χ3n) is 3.99. The maximum Gasteiger partial charge on any atom is 0.255 e. The van der Waals surface area contributed by atoms with E-state index in [1.54, 1.807) is 6.07 Å². The zero-order valence-corrected chi connectivity index (χ0v) is 16.9. The number of ether oxygens (including phenoxy) is 1. The van der Waals surface area contributed by atoms with Crippen molar-refractivity contribution in [1.82, 2.24) is 20.4 Å². The van der Waals surface area contributed by atoms with Gasteiger partial charge in [0.05, 0.1) is 12.2 Å². The van der Waals surface area contributed by atoms with E-state index >= 15 is 0 Å². The SMILES string of the molecule is CCNC(=NCc1cccc(OCC(N)=O)c1)NCCCn1nc(C)cc1C. The van der Waals surface area contributed by atoms with Crippen molar-refractivity contribution in [3.8, 4) is 5.75 Å². The highest BCUT2D eigenvalue weighted by molar-refractivity contribution is 5.79. The second-order valence-electron chi connectivity index (χ2n) is 6.53. The number of nitrogens with two attached hydrogens (primary N) is 1. The molecule has 2 rings (SSSR count). The standard InChI is InChI=1S/C20H30N6O2/c1-4-22-20(23-9-6-10-26-16(3)11-15(2)25-26)24-13-17-7-5-8-18(12-17)28-14-19(21)27/h5,7-8,11-12H,4,6,9-10,13-14H2,1-3H3,(H2,21,27)(H2,22,23,24). The lowest BCUT2D eigenvalue weighted by molar-refractivity contribution is -0.119. The van der Waals surface area contributed by atoms with Gasteiger partial charge in [-0.1, -0.05) is 12.1 Å². The number of carbonyl (C=O) groups excluding carboxylic acids is 1. The van der Waals surface area contributed by atoms with Crippen molar-refractivity contribution in [2.75, 3.05) is 19.7 Å². The van der Waals surface area contributed by atoms with Crippen molar-refractivity contribution in [2.45, 2.75) is 40.3 Å². The predicted octanol–water partition coefficient (Wildman–Crippen LogP) is 1.51. The van der Waals surface area contributed by atoms with Gasteiger partial charge in [-0.25, -0.2) is 4.99 Å². The van der Waals surface area contributed by atoms with Crippen molar-refractivity contribution < 1.29 is 9.53 Å². The van der Waals surface area contributed by atoms with Crippen LogP contribution in [0.2, 0.25) is 0 Å². The number of aryl methyl sites for hydroxylation is 3. The van der Waals surface area contributed by atoms with E-state index < -0.39 is 5.91 Å². The second kappa shape index (κ2) is 11.0. The maximum atomic E-state index is 10.8. The van der Waals surface area contributed by atoms with Gasteiger partial charge < -0.3 is 21.1 Å². The van der Waals surface area contributed by atoms with Gasteiger partial charge in [-0.3, -0.25) is 9.48 Å². The number of aromatic nitrogens is 2. The van der Waals surface area contributed by atoms with E-state index in [4.69, 9.17) is 10.5 Å². The van der Waals surface area contributed by atoms with Crippen LogP contribution in [0.1, 0.15) is 30.3 Å². The lowest BCUT2D eigenvalue weighted by Gasteiger charge is -2.12. The Morgan fingerprint density at radius 2 is 2.11 bits per heavy atom. The molecule has 8 nitrogen and oxygen atoms in total. The van der Waals surface area contributed by atoms with Crippen LogP contribution in [0.25, 0.3) is 0 Å². The number of hydrogen-bond acceptors (Lipinski definition) is 4. The van der Waals surface area contributed by atoms with E-state index in [2.05, 4.69) is 33.7 Å². The molecule has 28 heavy (non-hydrogen) atoms. The molecule has 2 aromatic rings. The van der Waals surface area contributed by atoms with Crippen LogP contribution >= 0.6 is 0 Å². The molecule has 0 saturated heterocycles. The molecule has 4 N–H and O–H groups in total. The first-order valence-electron chi connectivity index (χ1n) is 9.51. The average Bonchev–Trinajstić information content (AvgIpc) is 2.99. The summed E-state index contributed by atoms with van der Waals surface area (Å²) in [5, 5.41) is 11.1. The number of aliphatic imine (C=N–C) groups is 1. The monoisotopic (exact) mass is 386 g/mol. The molecule has 8 heteroatoms. The molecular weight excluding hydrogens is 356 g/mol. The Bertz CT molecular complexity index is 800. The normalized spacial score (nSPS) is 11.3. The van der Waals surface area contributed by atoms with Gasteiger partial charge >= 0.3 is 0 Å². The summed E-state index contributed by atoms with van der Waals surface area (Å²) in [7, 11) is 0. The fraction of sp³-hybridized carbons (Fsp3) is 0.450. The summed E-state index contributed by atoms with van der Waals surface area (Å²) in [6.07, 6.45) is 0.947. The van der Waals surface area contributed by atoms with Crippen molar-refractivity contribution in [3.05, 3.63) is 47.3 Å². The quantitative estimate of drug-likeness (QED) is 0.326. The summed E-state index contributed by atoms with van der Waals surface area (Å²) in [5.41, 5.74) is 8.32. The molecule has 0 aliphatic heterocycles. The predicted molar refractivity (Wildman–Crippen MR) is 110 cm³/mol. The summed E-state index contributed by atoms with van der Waals surface area (Å²) in [5.74, 6) is 0.871. The van der Waals surface area contributed by atoms with Gasteiger partial charge in [-0.15, -0.1) is 0 Å². The second-order valence-corrected chi connectivity index (χ2v) is 6.53. The first kappa shape index (κ1) is 21.3. The van der Waals surface area contributed by atoms with E-state index in [-0.39, 0.29) is 6.61 Å². The number of guanidine groups is 1. The van der Waals surface area contributed by atoms with Gasteiger partial charge in [0.15, 0.2) is 12.6 Å². The van der Waals surface area contributed by atoms with Crippen molar-refractivity contribution >= 4 is 11.9 Å². The van der Waals surface area contributed by atoms with Crippen LogP contribution in [0.3, 0.4) is 0 Å². The fourth-order valence-electron chi connectivity index (χ4n) is 2.74. The molecule has 1 heterocycles. The van der Waals surface area contributed by atoms with Gasteiger partial charge in [0.1, 0.15) is 5.75 Å². The number of rotatable bonds is 10. The summed E-state index contributed by atoms with van der Waals surface area (Å²) < 4.78 is 7.36. The van der Waals surface area contributed by atoms with E-state index in [9.17, 15) is 4.79 Å². The molecule has 0 saturated carbocycles. The third-order valence-corrected chi connectivity index (χ3v) is 3.99. The van der Waals surface area contributed by atoms with Crippen LogP contribution in [0.5, 0.6) is 5.75 Å². The molecule has 152 valence electrons. The zero-order chi connectivity index (χ0) is 20.4. The minimum Gasteiger partial charge on any atom is -0.484 e. The number of nitrogens with one attached hydrogen (secondary N) is 2. The molecule has 1 aromatic heterocycles. The number of amides is 1. The van der Waals surface area contributed by atoms with E-state index in [0.29, 0.717) is 12.3 Å². The molecule has 0 unspecified atom stereocenters. The number of benzene rings is 1. The molecule has 0 aliphatic rings. The Kier molecular flexibility index (Phi) is 8.33. The summed E-state index contributed by atoms with van der Waals surface area (Å²) >= 11 is 0. The topological polar surface area (TPSA) is 107 Å². The molecular formula is C20H30N6O2. The Morgan fingerprint density at radius 1 is 1.29 bits per heavy atom. The van der Waals surface area contributed by atoms with Gasteiger partial charge in [0.25, 0.3) is 5.91 Å². The summed E-state index contributed by atoms with van der Waals surface area (Å²) in [6, 6.07) is 9.57. The van der Waals surface area contributed by atoms with Crippen LogP contribution in [0.4, 0.5) is 0 Å². The van der Waals surface area contributed by atoms with Crippen LogP contribution < -0.4 is 21.1 Å². The van der Waals surface area contributed by atoms with E-state index in [0.717, 1.165) is 43.3 Å². The molecule has 0 fully saturated rings. The first-order chi connectivity index (χ1) is 13.5. The Labute approximate surface area is 166 Å². The number of hydrogen-bond donors (Lipinski definition) is 3. The maximum absolute atomic E-state index is 10.8. The zero-order valence-electron chi connectivity index (χ0n) is 16.9. The largest absolute Gasteiger partial charge is 0.484 e. The lowest BCUT2D eigenvalue weighted by Crippen LogP contribution is -2.38. The first-order valence-corrected chi connectivity index (χ1v) is 9.51. The van der Waals surface area contributed by atoms with E-state index in [1.165, 1.54) is 5.69 Å². The van der Waals surface area contributed by atoms with Crippen molar-refractivity contribution in [2.24, 2.45) is 10.7 Å². The van der Waals surface area contributed by atoms with Gasteiger partial charge in [-0.2, -0.15) is 5.10 Å². The molecule has 0 spiro atoms. The minimum absolute atomic E-state index is 0.133. The van der Waals surface area contributed by atoms with Crippen LogP contribution in [0, 0.1) is 13.8 Å². The smallest absolute Gasteiger partial charge is 0.255 e. The summed E-state index contributed by atoms with van der Waals surface area (Å²) in [6.45, 7) is 8.92. The molecule has 0 bridgehead atoms. The van der Waals surface area contributed by atoms with Gasteiger partial charge in [-0.05, 0) is 51.0 Å². The van der Waals surface area contributed by atoms with Crippen LogP contribution in [-0.2, 0) is 17.9 Å². The highest BCUT2D eigenvalue weighted by Crippen LogP contribution is 2.14. The fourth-order valence-corrected chi connectivity index (χ4v) is 2.74.